The van der Waals surface area contributed by atoms with E-state index in [1.54, 1.807) is 30.7 Å². The molecule has 0 aromatic carbocycles. The monoisotopic (exact) mass is 260 g/mol. The van der Waals surface area contributed by atoms with Crippen LogP contribution in [0.25, 0.3) is 10.6 Å². The molecule has 0 N–H and O–H groups in total. The number of nitrogens with zero attached hydrogens (tertiary/aromatic N) is 2. The van der Waals surface area contributed by atoms with Gasteiger partial charge in [-0.2, -0.15) is 0 Å². The largest absolute Gasteiger partial charge is 0.481 e. The van der Waals surface area contributed by atoms with E-state index < -0.39 is 0 Å². The predicted molar refractivity (Wildman–Crippen MR) is 69.2 cm³/mol. The third kappa shape index (κ3) is 1.90. The molecule has 1 aliphatic carbocycles. The molecule has 4 nitrogen and oxygen atoms in total. The first-order chi connectivity index (χ1) is 8.78. The molecule has 18 heavy (non-hydrogen) atoms. The number of ether oxygens (including phenoxy) is 1. The van der Waals surface area contributed by atoms with Crippen molar-refractivity contribution >= 4 is 17.1 Å². The van der Waals surface area contributed by atoms with Crippen molar-refractivity contribution in [2.45, 2.75) is 19.3 Å². The summed E-state index contributed by atoms with van der Waals surface area (Å²) in [5, 5.41) is 0.866. The Kier molecular flexibility index (Phi) is 2.83. The number of hydrogen-bond donors (Lipinski definition) is 0. The van der Waals surface area contributed by atoms with E-state index in [1.807, 2.05) is 6.07 Å². The number of thiazole rings is 1. The van der Waals surface area contributed by atoms with Crippen LogP contribution >= 0.6 is 11.3 Å². The van der Waals surface area contributed by atoms with Gasteiger partial charge in [-0.25, -0.2) is 9.97 Å². The number of carbonyl (C=O) groups excluding carboxylic acids is 1. The lowest BCUT2D eigenvalue weighted by Gasteiger charge is -2.06. The number of ketones is 1. The Morgan fingerprint density at radius 3 is 2.89 bits per heavy atom. The van der Waals surface area contributed by atoms with Crippen LogP contribution in [0.1, 0.15) is 28.2 Å². The maximum Gasteiger partial charge on any atom is 0.212 e. The van der Waals surface area contributed by atoms with E-state index in [-0.39, 0.29) is 5.78 Å². The second kappa shape index (κ2) is 4.49. The maximum atomic E-state index is 11.7. The van der Waals surface area contributed by atoms with Crippen LogP contribution in [0.5, 0.6) is 5.88 Å². The molecule has 0 atom stereocenters. The second-order valence-corrected chi connectivity index (χ2v) is 5.24. The number of aryl methyl sites for hydroxylation is 1. The van der Waals surface area contributed by atoms with Gasteiger partial charge < -0.3 is 4.74 Å². The fraction of sp³-hybridized carbons (Fsp3) is 0.308. The fourth-order valence-electron chi connectivity index (χ4n) is 2.02. The van der Waals surface area contributed by atoms with Crippen LogP contribution in [0.4, 0.5) is 0 Å². The Bertz CT molecular complexity index is 590. The first-order valence-electron chi connectivity index (χ1n) is 5.81. The normalized spacial score (nSPS) is 14.4. The topological polar surface area (TPSA) is 52.1 Å². The van der Waals surface area contributed by atoms with Gasteiger partial charge >= 0.3 is 0 Å². The fourth-order valence-corrected chi connectivity index (χ4v) is 3.13. The number of Topliss-reactive ketones (excluding diaryl/α,β-unsaturated/α-hetero) is 1. The lowest BCUT2D eigenvalue weighted by atomic mass is 10.0. The summed E-state index contributed by atoms with van der Waals surface area (Å²) in [6.07, 6.45) is 4.25. The highest BCUT2D eigenvalue weighted by atomic mass is 32.1. The van der Waals surface area contributed by atoms with Crippen LogP contribution < -0.4 is 4.74 Å². The van der Waals surface area contributed by atoms with Gasteiger partial charge in [-0.15, -0.1) is 11.3 Å². The Morgan fingerprint density at radius 2 is 2.22 bits per heavy atom. The number of hydrogen-bond acceptors (Lipinski definition) is 5. The number of fused-ring (bicyclic) bond motifs is 1. The van der Waals surface area contributed by atoms with E-state index in [2.05, 4.69) is 9.97 Å². The summed E-state index contributed by atoms with van der Waals surface area (Å²) >= 11 is 1.59. The Morgan fingerprint density at radius 1 is 1.33 bits per heavy atom. The molecule has 92 valence electrons. The van der Waals surface area contributed by atoms with Gasteiger partial charge in [-0.1, -0.05) is 0 Å². The van der Waals surface area contributed by atoms with Gasteiger partial charge in [0, 0.05) is 29.1 Å². The third-order valence-electron chi connectivity index (χ3n) is 2.96. The van der Waals surface area contributed by atoms with Crippen LogP contribution in [-0.2, 0) is 6.42 Å². The Hall–Kier alpha value is -1.75. The van der Waals surface area contributed by atoms with E-state index in [0.717, 1.165) is 28.3 Å². The maximum absolute atomic E-state index is 11.7. The van der Waals surface area contributed by atoms with Crippen LogP contribution in [-0.4, -0.2) is 22.9 Å². The quantitative estimate of drug-likeness (QED) is 0.833. The van der Waals surface area contributed by atoms with Gasteiger partial charge in [-0.05, 0) is 18.9 Å². The molecular formula is C13H12N2O2S. The molecule has 0 saturated heterocycles. The van der Waals surface area contributed by atoms with Gasteiger partial charge in [0.25, 0.3) is 0 Å². The van der Waals surface area contributed by atoms with Gasteiger partial charge in [0.15, 0.2) is 5.78 Å². The van der Waals surface area contributed by atoms with Crippen molar-refractivity contribution in [1.82, 2.24) is 9.97 Å². The zero-order valence-corrected chi connectivity index (χ0v) is 10.8. The van der Waals surface area contributed by atoms with Gasteiger partial charge in [0.05, 0.1) is 7.11 Å². The van der Waals surface area contributed by atoms with Gasteiger partial charge in [-0.3, -0.25) is 4.79 Å². The standard InChI is InChI=1S/C13H12N2O2S/c1-17-11-6-5-8(7-14-11)13-15-12-9(16)3-2-4-10(12)18-13/h5-7H,2-4H2,1H3. The van der Waals surface area contributed by atoms with Gasteiger partial charge in [0.2, 0.25) is 5.88 Å². The summed E-state index contributed by atoms with van der Waals surface area (Å²) in [4.78, 5) is 21.5. The van der Waals surface area contributed by atoms with E-state index >= 15 is 0 Å². The highest BCUT2D eigenvalue weighted by molar-refractivity contribution is 7.15. The first-order valence-corrected chi connectivity index (χ1v) is 6.63. The molecule has 5 heteroatoms. The molecule has 0 amide bonds. The Balaban J connectivity index is 1.99. The van der Waals surface area contributed by atoms with Crippen molar-refractivity contribution in [3.8, 4) is 16.5 Å². The summed E-state index contributed by atoms with van der Waals surface area (Å²) in [6.45, 7) is 0. The van der Waals surface area contributed by atoms with Gasteiger partial charge in [0.1, 0.15) is 10.7 Å². The second-order valence-electron chi connectivity index (χ2n) is 4.16. The molecule has 2 heterocycles. The number of carbonyl (C=O) groups is 1. The summed E-state index contributed by atoms with van der Waals surface area (Å²) in [6, 6.07) is 3.72. The van der Waals surface area contributed by atoms with Crippen LogP contribution in [0.15, 0.2) is 18.3 Å². The lowest BCUT2D eigenvalue weighted by molar-refractivity contribution is 0.0968. The SMILES string of the molecule is COc1ccc(-c2nc3c(s2)CCCC3=O)cn1. The number of methoxy groups -OCH3 is 1. The first kappa shape index (κ1) is 11.3. The average Bonchev–Trinajstić information content (AvgIpc) is 2.84. The third-order valence-corrected chi connectivity index (χ3v) is 4.13. The van der Waals surface area contributed by atoms with Crippen LogP contribution in [0.2, 0.25) is 0 Å². The summed E-state index contributed by atoms with van der Waals surface area (Å²) < 4.78 is 5.02. The molecule has 0 fully saturated rings. The molecule has 0 aliphatic heterocycles. The zero-order valence-electron chi connectivity index (χ0n) is 9.97. The molecule has 2 aromatic rings. The highest BCUT2D eigenvalue weighted by Gasteiger charge is 2.22. The lowest BCUT2D eigenvalue weighted by Crippen LogP contribution is -2.08. The molecule has 2 aromatic heterocycles. The van der Waals surface area contributed by atoms with E-state index in [1.165, 1.54) is 0 Å². The van der Waals surface area contributed by atoms with Crippen LogP contribution in [0, 0.1) is 0 Å². The van der Waals surface area contributed by atoms with E-state index in [4.69, 9.17) is 4.74 Å². The average molecular weight is 260 g/mol. The molecule has 3 rings (SSSR count). The van der Waals surface area contributed by atoms with Crippen molar-refractivity contribution in [2.75, 3.05) is 7.11 Å². The zero-order chi connectivity index (χ0) is 12.5. The van der Waals surface area contributed by atoms with Crippen molar-refractivity contribution in [3.05, 3.63) is 28.9 Å². The van der Waals surface area contributed by atoms with Crippen molar-refractivity contribution < 1.29 is 9.53 Å². The van der Waals surface area contributed by atoms with Crippen LogP contribution in [0.3, 0.4) is 0 Å². The van der Waals surface area contributed by atoms with Crippen molar-refractivity contribution in [1.29, 1.82) is 0 Å². The molecule has 0 bridgehead atoms. The minimum absolute atomic E-state index is 0.167. The molecule has 0 spiro atoms. The summed E-state index contributed by atoms with van der Waals surface area (Å²) in [5.41, 5.74) is 1.60. The smallest absolute Gasteiger partial charge is 0.212 e. The highest BCUT2D eigenvalue weighted by Crippen LogP contribution is 2.32. The minimum Gasteiger partial charge on any atom is -0.481 e. The molecule has 0 saturated carbocycles. The van der Waals surface area contributed by atoms with E-state index in [9.17, 15) is 4.79 Å². The summed E-state index contributed by atoms with van der Waals surface area (Å²) in [5.74, 6) is 0.747. The number of rotatable bonds is 2. The van der Waals surface area contributed by atoms with E-state index in [0.29, 0.717) is 18.0 Å². The number of pyridine rings is 1. The Labute approximate surface area is 109 Å². The molecular weight excluding hydrogens is 248 g/mol. The van der Waals surface area contributed by atoms with Crippen molar-refractivity contribution in [3.63, 3.8) is 0 Å². The molecule has 1 aliphatic rings. The summed E-state index contributed by atoms with van der Waals surface area (Å²) in [7, 11) is 1.59. The predicted octanol–water partition coefficient (Wildman–Crippen LogP) is 2.73. The molecule has 0 unspecified atom stereocenters. The number of aromatic nitrogens is 2. The van der Waals surface area contributed by atoms with Crippen molar-refractivity contribution in [2.24, 2.45) is 0 Å². The minimum atomic E-state index is 0.167. The molecule has 0 radical (unpaired) electrons.